The van der Waals surface area contributed by atoms with Crippen LogP contribution in [0.3, 0.4) is 0 Å². The Morgan fingerprint density at radius 1 is 1.47 bits per heavy atom. The zero-order chi connectivity index (χ0) is 12.6. The van der Waals surface area contributed by atoms with Gasteiger partial charge in [0.1, 0.15) is 11.3 Å². The molecule has 0 radical (unpaired) electrons. The average molecular weight is 298 g/mol. The Balaban J connectivity index is 2.84. The summed E-state index contributed by atoms with van der Waals surface area (Å²) >= 11 is 3.30. The molecule has 2 rings (SSSR count). The summed E-state index contributed by atoms with van der Waals surface area (Å²) in [5.74, 6) is -0.919. The van der Waals surface area contributed by atoms with Crippen LogP contribution in [0.1, 0.15) is 15.9 Å². The number of fused-ring (bicyclic) bond motifs is 1. The van der Waals surface area contributed by atoms with Crippen molar-refractivity contribution in [2.45, 2.75) is 6.92 Å². The first-order chi connectivity index (χ1) is 8.06. The second-order valence-electron chi connectivity index (χ2n) is 3.57. The first-order valence-electron chi connectivity index (χ1n) is 4.88. The normalized spacial score (nSPS) is 10.6. The van der Waals surface area contributed by atoms with Crippen LogP contribution in [0.5, 0.6) is 0 Å². The van der Waals surface area contributed by atoms with Gasteiger partial charge in [0, 0.05) is 16.1 Å². The van der Waals surface area contributed by atoms with Crippen molar-refractivity contribution in [1.82, 2.24) is 4.98 Å². The van der Waals surface area contributed by atoms with Crippen LogP contribution in [-0.4, -0.2) is 18.1 Å². The largest absolute Gasteiger partial charge is 0.465 e. The number of pyridine rings is 1. The molecule has 1 aromatic heterocycles. The highest BCUT2D eigenvalue weighted by molar-refractivity contribution is 9.10. The number of esters is 1. The average Bonchev–Trinajstić information content (AvgIpc) is 2.33. The summed E-state index contributed by atoms with van der Waals surface area (Å²) < 4.78 is 18.7. The van der Waals surface area contributed by atoms with Crippen molar-refractivity contribution in [1.29, 1.82) is 0 Å². The van der Waals surface area contributed by atoms with Crippen LogP contribution in [0.15, 0.2) is 22.8 Å². The third kappa shape index (κ3) is 1.91. The Hall–Kier alpha value is -1.49. The monoisotopic (exact) mass is 297 g/mol. The number of benzene rings is 1. The number of nitrogens with zero attached hydrogens (tertiary/aromatic N) is 1. The summed E-state index contributed by atoms with van der Waals surface area (Å²) in [4.78, 5) is 15.5. The zero-order valence-electron chi connectivity index (χ0n) is 9.25. The van der Waals surface area contributed by atoms with Crippen molar-refractivity contribution in [3.05, 3.63) is 39.7 Å². The highest BCUT2D eigenvalue weighted by atomic mass is 79.9. The van der Waals surface area contributed by atoms with Gasteiger partial charge in [0.15, 0.2) is 0 Å². The molecule has 0 aliphatic carbocycles. The number of hydrogen-bond acceptors (Lipinski definition) is 3. The Bertz CT molecular complexity index is 613. The standard InChI is InChI=1S/C12H9BrFNO2/c1-6-3-4-8(14)11-9(6)10(13)7(5-15-11)12(16)17-2/h3-5H,1-2H3. The van der Waals surface area contributed by atoms with Crippen LogP contribution in [0.4, 0.5) is 4.39 Å². The van der Waals surface area contributed by atoms with Gasteiger partial charge in [-0.15, -0.1) is 0 Å². The lowest BCUT2D eigenvalue weighted by atomic mass is 10.1. The third-order valence-corrected chi connectivity index (χ3v) is 3.34. The second-order valence-corrected chi connectivity index (χ2v) is 4.36. The summed E-state index contributed by atoms with van der Waals surface area (Å²) in [6.07, 6.45) is 1.31. The van der Waals surface area contributed by atoms with Gasteiger partial charge < -0.3 is 4.74 Å². The molecule has 1 heterocycles. The van der Waals surface area contributed by atoms with Crippen molar-refractivity contribution in [2.24, 2.45) is 0 Å². The highest BCUT2D eigenvalue weighted by Gasteiger charge is 2.16. The molecule has 88 valence electrons. The molecule has 0 bridgehead atoms. The summed E-state index contributed by atoms with van der Waals surface area (Å²) in [6.45, 7) is 1.83. The van der Waals surface area contributed by atoms with E-state index in [1.54, 1.807) is 6.07 Å². The number of carbonyl (C=O) groups excluding carboxylic acids is 1. The fourth-order valence-electron chi connectivity index (χ4n) is 1.64. The number of ether oxygens (including phenoxy) is 1. The van der Waals surface area contributed by atoms with E-state index in [1.807, 2.05) is 6.92 Å². The van der Waals surface area contributed by atoms with Gasteiger partial charge in [0.25, 0.3) is 0 Å². The molecular formula is C12H9BrFNO2. The number of rotatable bonds is 1. The molecule has 3 nitrogen and oxygen atoms in total. The first kappa shape index (κ1) is 12.0. The van der Waals surface area contributed by atoms with Crippen molar-refractivity contribution in [2.75, 3.05) is 7.11 Å². The number of carbonyl (C=O) groups is 1. The van der Waals surface area contributed by atoms with Crippen LogP contribution in [-0.2, 0) is 4.74 Å². The van der Waals surface area contributed by atoms with E-state index in [9.17, 15) is 9.18 Å². The van der Waals surface area contributed by atoms with Crippen LogP contribution in [0.2, 0.25) is 0 Å². The van der Waals surface area contributed by atoms with Crippen LogP contribution < -0.4 is 0 Å². The molecule has 0 saturated carbocycles. The minimum atomic E-state index is -0.505. The molecule has 0 atom stereocenters. The summed E-state index contributed by atoms with van der Waals surface area (Å²) in [5, 5.41) is 0.591. The number of hydrogen-bond donors (Lipinski definition) is 0. The van der Waals surface area contributed by atoms with E-state index in [1.165, 1.54) is 19.4 Å². The Kier molecular flexibility index (Phi) is 3.11. The summed E-state index contributed by atoms with van der Waals surface area (Å²) in [6, 6.07) is 3.00. The molecule has 0 aliphatic heterocycles. The van der Waals surface area contributed by atoms with Crippen molar-refractivity contribution in [3.63, 3.8) is 0 Å². The van der Waals surface area contributed by atoms with Gasteiger partial charge >= 0.3 is 5.97 Å². The third-order valence-electron chi connectivity index (χ3n) is 2.52. The molecule has 0 unspecified atom stereocenters. The first-order valence-corrected chi connectivity index (χ1v) is 5.67. The molecule has 0 spiro atoms. The predicted molar refractivity (Wildman–Crippen MR) is 65.5 cm³/mol. The highest BCUT2D eigenvalue weighted by Crippen LogP contribution is 2.30. The van der Waals surface area contributed by atoms with Gasteiger partial charge in [-0.05, 0) is 34.5 Å². The van der Waals surface area contributed by atoms with Crippen LogP contribution >= 0.6 is 15.9 Å². The maximum atomic E-state index is 13.6. The maximum absolute atomic E-state index is 13.6. The molecular weight excluding hydrogens is 289 g/mol. The van der Waals surface area contributed by atoms with Gasteiger partial charge in [-0.25, -0.2) is 9.18 Å². The lowest BCUT2D eigenvalue weighted by molar-refractivity contribution is 0.0599. The van der Waals surface area contributed by atoms with E-state index in [0.29, 0.717) is 9.86 Å². The molecule has 17 heavy (non-hydrogen) atoms. The molecule has 0 amide bonds. The predicted octanol–water partition coefficient (Wildman–Crippen LogP) is 3.23. The summed E-state index contributed by atoms with van der Waals surface area (Å²) in [5.41, 5.74) is 1.37. The smallest absolute Gasteiger partial charge is 0.340 e. The minimum absolute atomic E-state index is 0.240. The molecule has 5 heteroatoms. The van der Waals surface area contributed by atoms with Crippen LogP contribution in [0.25, 0.3) is 10.9 Å². The van der Waals surface area contributed by atoms with E-state index in [0.717, 1.165) is 5.56 Å². The molecule has 2 aromatic rings. The van der Waals surface area contributed by atoms with Crippen molar-refractivity contribution >= 4 is 32.8 Å². The zero-order valence-corrected chi connectivity index (χ0v) is 10.8. The lowest BCUT2D eigenvalue weighted by Crippen LogP contribution is -2.04. The van der Waals surface area contributed by atoms with Gasteiger partial charge in [0.05, 0.1) is 12.7 Å². The topological polar surface area (TPSA) is 39.2 Å². The van der Waals surface area contributed by atoms with Crippen molar-refractivity contribution < 1.29 is 13.9 Å². The van der Waals surface area contributed by atoms with Gasteiger partial charge in [-0.2, -0.15) is 0 Å². The molecule has 1 aromatic carbocycles. The Labute approximate surface area is 106 Å². The van der Waals surface area contributed by atoms with E-state index >= 15 is 0 Å². The second kappa shape index (κ2) is 4.41. The quantitative estimate of drug-likeness (QED) is 0.759. The van der Waals surface area contributed by atoms with Crippen LogP contribution in [0, 0.1) is 12.7 Å². The SMILES string of the molecule is COC(=O)c1cnc2c(F)ccc(C)c2c1Br. The van der Waals surface area contributed by atoms with Gasteiger partial charge in [-0.3, -0.25) is 4.98 Å². The number of aromatic nitrogens is 1. The van der Waals surface area contributed by atoms with E-state index in [4.69, 9.17) is 0 Å². The molecule has 0 N–H and O–H groups in total. The van der Waals surface area contributed by atoms with E-state index < -0.39 is 11.8 Å². The maximum Gasteiger partial charge on any atom is 0.340 e. The molecule has 0 saturated heterocycles. The fourth-order valence-corrected chi connectivity index (χ4v) is 2.41. The van der Waals surface area contributed by atoms with Gasteiger partial charge in [-0.1, -0.05) is 6.07 Å². The Morgan fingerprint density at radius 2 is 2.18 bits per heavy atom. The van der Waals surface area contributed by atoms with Crippen molar-refractivity contribution in [3.8, 4) is 0 Å². The summed E-state index contributed by atoms with van der Waals surface area (Å²) in [7, 11) is 1.29. The Morgan fingerprint density at radius 3 is 2.82 bits per heavy atom. The number of methoxy groups -OCH3 is 1. The number of aryl methyl sites for hydroxylation is 1. The minimum Gasteiger partial charge on any atom is -0.465 e. The van der Waals surface area contributed by atoms with Gasteiger partial charge in [0.2, 0.25) is 0 Å². The lowest BCUT2D eigenvalue weighted by Gasteiger charge is -2.08. The number of halogens is 2. The fraction of sp³-hybridized carbons (Fsp3) is 0.167. The molecule has 0 aliphatic rings. The van der Waals surface area contributed by atoms with E-state index in [2.05, 4.69) is 25.7 Å². The van der Waals surface area contributed by atoms with E-state index in [-0.39, 0.29) is 11.1 Å². The molecule has 0 fully saturated rings.